The summed E-state index contributed by atoms with van der Waals surface area (Å²) in [4.78, 5) is 37.9. The summed E-state index contributed by atoms with van der Waals surface area (Å²) in [6.07, 6.45) is 1.90. The molecule has 0 bridgehead atoms. The van der Waals surface area contributed by atoms with E-state index in [0.29, 0.717) is 17.9 Å². The zero-order valence-corrected chi connectivity index (χ0v) is 17.0. The van der Waals surface area contributed by atoms with Gasteiger partial charge in [-0.1, -0.05) is 12.1 Å². The van der Waals surface area contributed by atoms with Crippen LogP contribution < -0.4 is 15.4 Å². The Balaban J connectivity index is 1.56. The van der Waals surface area contributed by atoms with Gasteiger partial charge in [-0.05, 0) is 36.2 Å². The van der Waals surface area contributed by atoms with Crippen LogP contribution in [0.2, 0.25) is 0 Å². The second kappa shape index (κ2) is 10.1. The van der Waals surface area contributed by atoms with E-state index in [9.17, 15) is 24.1 Å². The molecule has 0 fully saturated rings. The summed E-state index contributed by atoms with van der Waals surface area (Å²) in [6.45, 7) is 0. The lowest BCUT2D eigenvalue weighted by atomic mass is 10.1. The number of ether oxygens (including phenoxy) is 1. The minimum atomic E-state index is -0.749. The Morgan fingerprint density at radius 2 is 1.84 bits per heavy atom. The molecule has 0 aliphatic carbocycles. The fraction of sp³-hybridized carbons (Fsp3) is 0.136. The number of hydrogen-bond donors (Lipinski definition) is 2. The molecule has 32 heavy (non-hydrogen) atoms. The number of nitrogens with one attached hydrogen (secondary N) is 2. The molecule has 2 N–H and O–H groups in total. The van der Waals surface area contributed by atoms with Crippen molar-refractivity contribution in [2.45, 2.75) is 12.8 Å². The molecule has 0 unspecified atom stereocenters. The van der Waals surface area contributed by atoms with Crippen molar-refractivity contribution in [3.05, 3.63) is 88.0 Å². The van der Waals surface area contributed by atoms with Gasteiger partial charge in [0.05, 0.1) is 10.6 Å². The fourth-order valence-corrected chi connectivity index (χ4v) is 2.78. The van der Waals surface area contributed by atoms with Gasteiger partial charge in [-0.15, -0.1) is 0 Å². The number of nitro groups is 1. The second-order valence-electron chi connectivity index (χ2n) is 6.67. The standard InChI is InChI=1S/C22H19FN4O5/c1-24-22(29)20-13-17(10-11-25-20)32-16-6-2-14(3-7-16)4-9-21(28)26-19-12-15(27(30)31)5-8-18(19)23/h2-3,5-8,10-13H,4,9H2,1H3,(H,24,29)(H,26,28). The molecule has 2 amide bonds. The summed E-state index contributed by atoms with van der Waals surface area (Å²) in [6, 6.07) is 13.1. The average Bonchev–Trinajstić information content (AvgIpc) is 2.79. The Morgan fingerprint density at radius 3 is 2.53 bits per heavy atom. The van der Waals surface area contributed by atoms with Crippen molar-refractivity contribution >= 4 is 23.2 Å². The van der Waals surface area contributed by atoms with Gasteiger partial charge in [-0.2, -0.15) is 0 Å². The Bertz CT molecular complexity index is 1150. The van der Waals surface area contributed by atoms with E-state index in [1.165, 1.54) is 19.3 Å². The molecule has 0 atom stereocenters. The molecule has 0 saturated carbocycles. The summed E-state index contributed by atoms with van der Waals surface area (Å²) >= 11 is 0. The first-order valence-corrected chi connectivity index (χ1v) is 9.54. The fourth-order valence-electron chi connectivity index (χ4n) is 2.78. The maximum Gasteiger partial charge on any atom is 0.271 e. The van der Waals surface area contributed by atoms with Crippen molar-refractivity contribution in [3.8, 4) is 11.5 Å². The number of benzene rings is 2. The summed E-state index contributed by atoms with van der Waals surface area (Å²) in [5, 5.41) is 15.6. The molecule has 9 nitrogen and oxygen atoms in total. The SMILES string of the molecule is CNC(=O)c1cc(Oc2ccc(CCC(=O)Nc3cc([N+](=O)[O-])ccc3F)cc2)ccn1. The van der Waals surface area contributed by atoms with E-state index >= 15 is 0 Å². The number of nitrogens with zero attached hydrogens (tertiary/aromatic N) is 2. The van der Waals surface area contributed by atoms with Crippen LogP contribution in [0.15, 0.2) is 60.8 Å². The number of rotatable bonds is 8. The number of hydrogen-bond acceptors (Lipinski definition) is 6. The zero-order chi connectivity index (χ0) is 23.1. The lowest BCUT2D eigenvalue weighted by Gasteiger charge is -2.09. The van der Waals surface area contributed by atoms with Crippen molar-refractivity contribution in [2.24, 2.45) is 0 Å². The zero-order valence-electron chi connectivity index (χ0n) is 17.0. The number of amides is 2. The first kappa shape index (κ1) is 22.3. The van der Waals surface area contributed by atoms with Gasteiger partial charge in [0.2, 0.25) is 5.91 Å². The van der Waals surface area contributed by atoms with Crippen LogP contribution in [-0.2, 0) is 11.2 Å². The molecular weight excluding hydrogens is 419 g/mol. The molecule has 0 spiro atoms. The van der Waals surface area contributed by atoms with Crippen LogP contribution in [0.1, 0.15) is 22.5 Å². The third-order valence-corrected chi connectivity index (χ3v) is 4.43. The quantitative estimate of drug-likeness (QED) is 0.407. The van der Waals surface area contributed by atoms with E-state index in [0.717, 1.165) is 23.8 Å². The van der Waals surface area contributed by atoms with Crippen LogP contribution >= 0.6 is 0 Å². The average molecular weight is 438 g/mol. The Kier molecular flexibility index (Phi) is 7.06. The van der Waals surface area contributed by atoms with Crippen LogP contribution in [0, 0.1) is 15.9 Å². The summed E-state index contributed by atoms with van der Waals surface area (Å²) in [5.74, 6) is -0.561. The minimum absolute atomic E-state index is 0.0577. The number of aryl methyl sites for hydroxylation is 1. The van der Waals surface area contributed by atoms with Crippen LogP contribution in [-0.4, -0.2) is 28.8 Å². The van der Waals surface area contributed by atoms with E-state index in [1.54, 1.807) is 30.3 Å². The number of aromatic nitrogens is 1. The topological polar surface area (TPSA) is 123 Å². The van der Waals surface area contributed by atoms with Gasteiger partial charge in [-0.3, -0.25) is 24.7 Å². The smallest absolute Gasteiger partial charge is 0.271 e. The first-order chi connectivity index (χ1) is 15.4. The van der Waals surface area contributed by atoms with Crippen LogP contribution in [0.5, 0.6) is 11.5 Å². The largest absolute Gasteiger partial charge is 0.457 e. The van der Waals surface area contributed by atoms with Crippen molar-refractivity contribution in [3.63, 3.8) is 0 Å². The van der Waals surface area contributed by atoms with Crippen molar-refractivity contribution < 1.29 is 23.6 Å². The first-order valence-electron chi connectivity index (χ1n) is 9.54. The highest BCUT2D eigenvalue weighted by Crippen LogP contribution is 2.23. The lowest BCUT2D eigenvalue weighted by Crippen LogP contribution is -2.18. The van der Waals surface area contributed by atoms with Gasteiger partial charge in [0.15, 0.2) is 0 Å². The van der Waals surface area contributed by atoms with Gasteiger partial charge in [-0.25, -0.2) is 4.39 Å². The predicted molar refractivity (Wildman–Crippen MR) is 114 cm³/mol. The molecule has 3 rings (SSSR count). The van der Waals surface area contributed by atoms with Gasteiger partial charge in [0.25, 0.3) is 11.6 Å². The highest BCUT2D eigenvalue weighted by atomic mass is 19.1. The van der Waals surface area contributed by atoms with Gasteiger partial charge < -0.3 is 15.4 Å². The number of non-ortho nitro benzene ring substituents is 1. The molecule has 0 aliphatic heterocycles. The van der Waals surface area contributed by atoms with Crippen molar-refractivity contribution in [2.75, 3.05) is 12.4 Å². The molecule has 10 heteroatoms. The molecule has 0 saturated heterocycles. The third-order valence-electron chi connectivity index (χ3n) is 4.43. The number of nitro benzene ring substituents is 1. The number of anilines is 1. The molecule has 3 aromatic rings. The Morgan fingerprint density at radius 1 is 1.09 bits per heavy atom. The monoisotopic (exact) mass is 438 g/mol. The number of carbonyl (C=O) groups is 2. The van der Waals surface area contributed by atoms with E-state index in [1.807, 2.05) is 0 Å². The maximum atomic E-state index is 13.8. The molecule has 2 aromatic carbocycles. The lowest BCUT2D eigenvalue weighted by molar-refractivity contribution is -0.384. The van der Waals surface area contributed by atoms with Gasteiger partial charge in [0, 0.05) is 37.9 Å². The third kappa shape index (κ3) is 5.85. The predicted octanol–water partition coefficient (Wildman–Crippen LogP) is 3.85. The highest BCUT2D eigenvalue weighted by Gasteiger charge is 2.13. The van der Waals surface area contributed by atoms with E-state index in [4.69, 9.17) is 4.74 Å². The van der Waals surface area contributed by atoms with Crippen molar-refractivity contribution in [1.82, 2.24) is 10.3 Å². The van der Waals surface area contributed by atoms with Gasteiger partial charge >= 0.3 is 0 Å². The molecule has 0 radical (unpaired) electrons. The maximum absolute atomic E-state index is 13.8. The number of carbonyl (C=O) groups excluding carboxylic acids is 2. The van der Waals surface area contributed by atoms with Crippen LogP contribution in [0.25, 0.3) is 0 Å². The summed E-state index contributed by atoms with van der Waals surface area (Å²) < 4.78 is 19.5. The van der Waals surface area contributed by atoms with E-state index in [2.05, 4.69) is 15.6 Å². The van der Waals surface area contributed by atoms with E-state index in [-0.39, 0.29) is 29.4 Å². The Hall–Kier alpha value is -4.34. The second-order valence-corrected chi connectivity index (χ2v) is 6.67. The van der Waals surface area contributed by atoms with Crippen molar-refractivity contribution in [1.29, 1.82) is 0 Å². The summed E-state index contributed by atoms with van der Waals surface area (Å²) in [7, 11) is 1.51. The van der Waals surface area contributed by atoms with Crippen LogP contribution in [0.3, 0.4) is 0 Å². The Labute approximate surface area is 182 Å². The van der Waals surface area contributed by atoms with Crippen LogP contribution in [0.4, 0.5) is 15.8 Å². The summed E-state index contributed by atoms with van der Waals surface area (Å²) in [5.41, 5.74) is 0.524. The molecule has 1 aromatic heterocycles. The number of halogens is 1. The minimum Gasteiger partial charge on any atom is -0.457 e. The highest BCUT2D eigenvalue weighted by molar-refractivity contribution is 5.92. The van der Waals surface area contributed by atoms with E-state index < -0.39 is 16.6 Å². The normalized spacial score (nSPS) is 10.3. The van der Waals surface area contributed by atoms with Gasteiger partial charge in [0.1, 0.15) is 23.0 Å². The molecule has 1 heterocycles. The molecule has 164 valence electrons. The molecule has 0 aliphatic rings. The molecular formula is C22H19FN4O5. The number of pyridine rings is 1.